The van der Waals surface area contributed by atoms with Crippen molar-refractivity contribution in [1.29, 1.82) is 0 Å². The number of benzene rings is 6. The summed E-state index contributed by atoms with van der Waals surface area (Å²) in [6.07, 6.45) is 0. The van der Waals surface area contributed by atoms with Crippen molar-refractivity contribution in [2.75, 3.05) is 0 Å². The van der Waals surface area contributed by atoms with Crippen molar-refractivity contribution in [2.45, 2.75) is 0 Å². The van der Waals surface area contributed by atoms with E-state index in [9.17, 15) is 0 Å². The summed E-state index contributed by atoms with van der Waals surface area (Å²) in [4.78, 5) is 14.7. The quantitative estimate of drug-likeness (QED) is 0.204. The molecule has 0 aliphatic carbocycles. The SMILES string of the molecule is O=P(c1ccccc1)(c1ccccc1)c1nc(P(=O)(c2ccccc2)c2ccccc2)nc(P(=O)(c2ccccc2)c2ccccc2)n1. The predicted octanol–water partition coefficient (Wildman–Crippen LogP) is 4.79. The van der Waals surface area contributed by atoms with Gasteiger partial charge in [-0.3, -0.25) is 0 Å². The van der Waals surface area contributed by atoms with E-state index < -0.39 is 21.4 Å². The molecule has 234 valence electrons. The molecule has 7 aromatic rings. The minimum Gasteiger partial charge on any atom is -0.305 e. The fourth-order valence-electron chi connectivity index (χ4n) is 5.73. The molecule has 0 atom stereocenters. The van der Waals surface area contributed by atoms with Crippen LogP contribution in [0.15, 0.2) is 182 Å². The Kier molecular flexibility index (Phi) is 8.73. The average molecular weight is 682 g/mol. The van der Waals surface area contributed by atoms with E-state index in [4.69, 9.17) is 15.0 Å². The van der Waals surface area contributed by atoms with E-state index in [0.717, 1.165) is 0 Å². The first-order valence-corrected chi connectivity index (χ1v) is 20.5. The second-order valence-corrected chi connectivity index (χ2v) is 19.0. The summed E-state index contributed by atoms with van der Waals surface area (Å²) in [5.74, 6) is 0. The maximum atomic E-state index is 15.8. The summed E-state index contributed by atoms with van der Waals surface area (Å²) in [5, 5.41) is 2.93. The molecule has 0 radical (unpaired) electrons. The maximum absolute atomic E-state index is 15.8. The Balaban J connectivity index is 1.64. The first-order chi connectivity index (χ1) is 23.4. The zero-order chi connectivity index (χ0) is 33.0. The minimum atomic E-state index is -3.84. The summed E-state index contributed by atoms with van der Waals surface area (Å²) < 4.78 is 47.4. The van der Waals surface area contributed by atoms with Gasteiger partial charge in [-0.1, -0.05) is 182 Å². The van der Waals surface area contributed by atoms with Crippen LogP contribution in [0, 0.1) is 0 Å². The molecule has 1 heterocycles. The van der Waals surface area contributed by atoms with E-state index in [1.54, 1.807) is 72.8 Å². The van der Waals surface area contributed by atoms with Gasteiger partial charge in [0.2, 0.25) is 38.1 Å². The molecule has 9 heteroatoms. The highest BCUT2D eigenvalue weighted by atomic mass is 31.2. The lowest BCUT2D eigenvalue weighted by Gasteiger charge is -2.24. The Morgan fingerprint density at radius 3 is 0.542 bits per heavy atom. The van der Waals surface area contributed by atoms with E-state index in [1.165, 1.54) is 0 Å². The van der Waals surface area contributed by atoms with Crippen LogP contribution >= 0.6 is 21.4 Å². The van der Waals surface area contributed by atoms with Crippen LogP contribution in [0.5, 0.6) is 0 Å². The molecule has 7 rings (SSSR count). The van der Waals surface area contributed by atoms with Gasteiger partial charge in [0.25, 0.3) is 0 Å². The summed E-state index contributed by atoms with van der Waals surface area (Å²) in [6.45, 7) is 0. The molecule has 0 fully saturated rings. The highest BCUT2D eigenvalue weighted by molar-refractivity contribution is 7.87. The van der Waals surface area contributed by atoms with E-state index in [2.05, 4.69) is 0 Å². The number of hydrogen-bond acceptors (Lipinski definition) is 6. The molecule has 0 N–H and O–H groups in total. The van der Waals surface area contributed by atoms with Crippen LogP contribution in [-0.2, 0) is 13.7 Å². The fraction of sp³-hybridized carbons (Fsp3) is 0. The van der Waals surface area contributed by atoms with E-state index in [1.807, 2.05) is 109 Å². The van der Waals surface area contributed by atoms with Crippen molar-refractivity contribution < 1.29 is 13.7 Å². The molecule has 6 nitrogen and oxygen atoms in total. The highest BCUT2D eigenvalue weighted by Gasteiger charge is 2.42. The first-order valence-electron chi connectivity index (χ1n) is 15.4. The Hall–Kier alpha value is -4.98. The third kappa shape index (κ3) is 5.53. The largest absolute Gasteiger partial charge is 0.305 e. The Bertz CT molecular complexity index is 1900. The lowest BCUT2D eigenvalue weighted by molar-refractivity contribution is 0.590. The van der Waals surface area contributed by atoms with Crippen LogP contribution in [0.25, 0.3) is 0 Å². The molecule has 0 bridgehead atoms. The normalized spacial score (nSPS) is 12.0. The van der Waals surface area contributed by atoms with E-state index in [0.29, 0.717) is 31.8 Å². The molecule has 0 spiro atoms. The molecule has 1 aromatic heterocycles. The Morgan fingerprint density at radius 2 is 0.396 bits per heavy atom. The smallest absolute Gasteiger partial charge is 0.206 e. The summed E-state index contributed by atoms with van der Waals surface area (Å²) in [5.41, 5.74) is -0.253. The lowest BCUT2D eigenvalue weighted by atomic mass is 10.4. The summed E-state index contributed by atoms with van der Waals surface area (Å²) >= 11 is 0. The van der Waals surface area contributed by atoms with Crippen LogP contribution in [-0.4, -0.2) is 15.0 Å². The number of rotatable bonds is 9. The van der Waals surface area contributed by atoms with E-state index >= 15 is 13.7 Å². The Morgan fingerprint density at radius 1 is 0.250 bits per heavy atom. The average Bonchev–Trinajstić information content (AvgIpc) is 3.18. The molecule has 0 saturated heterocycles. The van der Waals surface area contributed by atoms with Crippen molar-refractivity contribution in [3.8, 4) is 0 Å². The van der Waals surface area contributed by atoms with Crippen molar-refractivity contribution in [3.63, 3.8) is 0 Å². The molecular weight excluding hydrogens is 651 g/mol. The first kappa shape index (κ1) is 31.6. The zero-order valence-electron chi connectivity index (χ0n) is 25.7. The van der Waals surface area contributed by atoms with Gasteiger partial charge in [-0.25, -0.2) is 15.0 Å². The van der Waals surface area contributed by atoms with Crippen LogP contribution in [0.3, 0.4) is 0 Å². The molecule has 0 aliphatic rings. The molecule has 0 aliphatic heterocycles. The number of aromatic nitrogens is 3. The van der Waals surface area contributed by atoms with Gasteiger partial charge in [-0.15, -0.1) is 0 Å². The molecular formula is C39H30N3O3P3. The molecule has 6 aromatic carbocycles. The van der Waals surface area contributed by atoms with Crippen LogP contribution in [0.2, 0.25) is 0 Å². The van der Waals surface area contributed by atoms with Crippen molar-refractivity contribution in [2.24, 2.45) is 0 Å². The third-order valence-corrected chi connectivity index (χ3v) is 16.6. The monoisotopic (exact) mass is 681 g/mol. The molecule has 48 heavy (non-hydrogen) atoms. The topological polar surface area (TPSA) is 89.9 Å². The fourth-order valence-corrected chi connectivity index (χ4v) is 13.2. The van der Waals surface area contributed by atoms with Crippen LogP contribution < -0.4 is 48.5 Å². The van der Waals surface area contributed by atoms with Gasteiger partial charge in [-0.2, -0.15) is 0 Å². The van der Waals surface area contributed by atoms with Crippen molar-refractivity contribution >= 4 is 69.9 Å². The standard InChI is InChI=1S/C39H30N3O3P3/c43-46(31-19-7-1-8-20-31,32-21-9-2-10-22-32)37-40-38(47(44,33-23-11-3-12-24-33)34-25-13-4-14-26-34)42-39(41-37)48(45,35-27-15-5-16-28-35)36-29-17-6-18-30-36/h1-30H. The van der Waals surface area contributed by atoms with Crippen LogP contribution in [0.1, 0.15) is 0 Å². The van der Waals surface area contributed by atoms with Gasteiger partial charge in [0.1, 0.15) is 0 Å². The predicted molar refractivity (Wildman–Crippen MR) is 198 cm³/mol. The summed E-state index contributed by atoms with van der Waals surface area (Å²) in [6, 6.07) is 54.1. The molecule has 0 amide bonds. The van der Waals surface area contributed by atoms with Crippen molar-refractivity contribution in [3.05, 3.63) is 182 Å². The minimum absolute atomic E-state index is 0.0842. The lowest BCUT2D eigenvalue weighted by Crippen LogP contribution is -2.44. The zero-order valence-corrected chi connectivity index (χ0v) is 28.4. The Labute approximate surface area is 279 Å². The van der Waals surface area contributed by atoms with Gasteiger partial charge < -0.3 is 13.7 Å². The maximum Gasteiger partial charge on any atom is 0.206 e. The number of nitrogens with zero attached hydrogens (tertiary/aromatic N) is 3. The van der Waals surface area contributed by atoms with Gasteiger partial charge in [0.15, 0.2) is 0 Å². The highest BCUT2D eigenvalue weighted by Crippen LogP contribution is 2.46. The van der Waals surface area contributed by atoms with Gasteiger partial charge >= 0.3 is 0 Å². The van der Waals surface area contributed by atoms with Gasteiger partial charge in [0, 0.05) is 31.8 Å². The second-order valence-electron chi connectivity index (χ2n) is 11.1. The third-order valence-electron chi connectivity index (χ3n) is 8.16. The van der Waals surface area contributed by atoms with Crippen LogP contribution in [0.4, 0.5) is 0 Å². The summed E-state index contributed by atoms with van der Waals surface area (Å²) in [7, 11) is -11.5. The van der Waals surface area contributed by atoms with Gasteiger partial charge in [0.05, 0.1) is 0 Å². The van der Waals surface area contributed by atoms with Crippen molar-refractivity contribution in [1.82, 2.24) is 15.0 Å². The number of hydrogen-bond donors (Lipinski definition) is 0. The molecule has 0 unspecified atom stereocenters. The second kappa shape index (κ2) is 13.3. The van der Waals surface area contributed by atoms with E-state index in [-0.39, 0.29) is 16.7 Å². The molecule has 0 saturated carbocycles. The van der Waals surface area contributed by atoms with Gasteiger partial charge in [-0.05, 0) is 0 Å².